The van der Waals surface area contributed by atoms with Gasteiger partial charge in [0.05, 0.1) is 28.4 Å². The molecule has 1 atom stereocenters. The number of hydrogen-bond acceptors (Lipinski definition) is 6. The van der Waals surface area contributed by atoms with Gasteiger partial charge >= 0.3 is 0 Å². The molecule has 1 aliphatic rings. The second kappa shape index (κ2) is 8.00. The van der Waals surface area contributed by atoms with Crippen molar-refractivity contribution in [3.05, 3.63) is 113 Å². The van der Waals surface area contributed by atoms with E-state index in [-0.39, 0.29) is 5.92 Å². The van der Waals surface area contributed by atoms with E-state index in [1.165, 1.54) is 0 Å². The summed E-state index contributed by atoms with van der Waals surface area (Å²) in [6.45, 7) is 2.00. The van der Waals surface area contributed by atoms with E-state index in [2.05, 4.69) is 27.2 Å². The van der Waals surface area contributed by atoms with Crippen LogP contribution in [0, 0.1) is 6.92 Å². The van der Waals surface area contributed by atoms with Crippen LogP contribution in [0.2, 0.25) is 5.02 Å². The van der Waals surface area contributed by atoms with Gasteiger partial charge in [0.25, 0.3) is 0 Å². The third-order valence-corrected chi connectivity index (χ3v) is 6.61. The summed E-state index contributed by atoms with van der Waals surface area (Å²) >= 11 is 6.13. The monoisotopic (exact) mass is 491 g/mol. The molecule has 174 valence electrons. The van der Waals surface area contributed by atoms with Crippen molar-refractivity contribution in [3.63, 3.8) is 0 Å². The number of pyridine rings is 1. The average molecular weight is 492 g/mol. The average Bonchev–Trinajstić information content (AvgIpc) is 3.50. The number of ether oxygens (including phenoxy) is 1. The first-order valence-corrected chi connectivity index (χ1v) is 11.8. The van der Waals surface area contributed by atoms with Gasteiger partial charge in [-0.1, -0.05) is 41.9 Å². The Morgan fingerprint density at radius 2 is 1.67 bits per heavy atom. The number of aromatic nitrogens is 7. The Labute approximate surface area is 210 Å². The molecule has 0 aliphatic carbocycles. The predicted molar refractivity (Wildman–Crippen MR) is 135 cm³/mol. The van der Waals surface area contributed by atoms with Crippen molar-refractivity contribution in [2.75, 3.05) is 0 Å². The zero-order valence-corrected chi connectivity index (χ0v) is 19.8. The van der Waals surface area contributed by atoms with Crippen molar-refractivity contribution < 1.29 is 4.74 Å². The summed E-state index contributed by atoms with van der Waals surface area (Å²) in [4.78, 5) is 13.7. The van der Waals surface area contributed by atoms with Gasteiger partial charge in [0.1, 0.15) is 6.33 Å². The fourth-order valence-electron chi connectivity index (χ4n) is 4.74. The molecule has 36 heavy (non-hydrogen) atoms. The number of rotatable bonds is 3. The third kappa shape index (κ3) is 3.19. The molecule has 9 heteroatoms. The summed E-state index contributed by atoms with van der Waals surface area (Å²) in [7, 11) is 0. The number of aryl methyl sites for hydroxylation is 1. The maximum atomic E-state index is 6.45. The first-order chi connectivity index (χ1) is 17.7. The smallest absolute Gasteiger partial charge is 0.230 e. The van der Waals surface area contributed by atoms with Crippen LogP contribution in [0.5, 0.6) is 11.8 Å². The van der Waals surface area contributed by atoms with Crippen molar-refractivity contribution in [1.29, 1.82) is 0 Å². The second-order valence-corrected chi connectivity index (χ2v) is 8.98. The molecule has 0 radical (unpaired) electrons. The van der Waals surface area contributed by atoms with Crippen molar-refractivity contribution >= 4 is 17.2 Å². The van der Waals surface area contributed by atoms with Crippen LogP contribution in [0.25, 0.3) is 22.7 Å². The first kappa shape index (κ1) is 20.8. The number of halogens is 1. The van der Waals surface area contributed by atoms with Gasteiger partial charge in [-0.05, 0) is 48.9 Å². The molecular formula is C27H18ClN7O. The molecule has 4 aromatic heterocycles. The first-order valence-electron chi connectivity index (χ1n) is 11.4. The number of hydrogen-bond donors (Lipinski definition) is 0. The highest BCUT2D eigenvalue weighted by molar-refractivity contribution is 6.30. The van der Waals surface area contributed by atoms with Gasteiger partial charge in [0.2, 0.25) is 11.8 Å². The highest BCUT2D eigenvalue weighted by atomic mass is 35.5. The summed E-state index contributed by atoms with van der Waals surface area (Å²) in [5, 5.41) is 10.2. The van der Waals surface area contributed by atoms with Crippen molar-refractivity contribution in [3.8, 4) is 28.8 Å². The van der Waals surface area contributed by atoms with Crippen LogP contribution in [0.3, 0.4) is 0 Å². The zero-order valence-electron chi connectivity index (χ0n) is 19.1. The van der Waals surface area contributed by atoms with Crippen molar-refractivity contribution in [1.82, 2.24) is 34.3 Å². The van der Waals surface area contributed by atoms with E-state index in [1.54, 1.807) is 27.9 Å². The Morgan fingerprint density at radius 3 is 2.44 bits per heavy atom. The van der Waals surface area contributed by atoms with Gasteiger partial charge in [-0.3, -0.25) is 4.98 Å². The van der Waals surface area contributed by atoms with Gasteiger partial charge < -0.3 is 4.74 Å². The van der Waals surface area contributed by atoms with Crippen LogP contribution in [0.15, 0.2) is 85.5 Å². The van der Waals surface area contributed by atoms with Gasteiger partial charge in [-0.2, -0.15) is 5.10 Å². The van der Waals surface area contributed by atoms with E-state index in [0.29, 0.717) is 28.3 Å². The Kier molecular flexibility index (Phi) is 4.62. The molecule has 0 fully saturated rings. The summed E-state index contributed by atoms with van der Waals surface area (Å²) in [5.74, 6) is 1.50. The van der Waals surface area contributed by atoms with Gasteiger partial charge in [-0.15, -0.1) is 5.10 Å². The van der Waals surface area contributed by atoms with Gasteiger partial charge in [0, 0.05) is 23.0 Å². The Balaban J connectivity index is 1.48. The normalized spacial score (nSPS) is 14.3. The molecule has 5 heterocycles. The van der Waals surface area contributed by atoms with Crippen LogP contribution in [0.4, 0.5) is 0 Å². The summed E-state index contributed by atoms with van der Waals surface area (Å²) in [5.41, 5.74) is 6.17. The fraction of sp³-hybridized carbons (Fsp3) is 0.0741. The highest BCUT2D eigenvalue weighted by Crippen LogP contribution is 2.49. The lowest BCUT2D eigenvalue weighted by molar-refractivity contribution is 0.402. The molecule has 1 unspecified atom stereocenters. The molecular weight excluding hydrogens is 474 g/mol. The molecule has 8 nitrogen and oxygen atoms in total. The summed E-state index contributed by atoms with van der Waals surface area (Å²) < 4.78 is 9.96. The molecule has 1 aliphatic heterocycles. The van der Waals surface area contributed by atoms with E-state index in [0.717, 1.165) is 33.6 Å². The van der Waals surface area contributed by atoms with Crippen molar-refractivity contribution in [2.45, 2.75) is 12.8 Å². The minimum absolute atomic E-state index is 0.198. The Bertz CT molecular complexity index is 1730. The van der Waals surface area contributed by atoms with Crippen LogP contribution < -0.4 is 4.74 Å². The van der Waals surface area contributed by atoms with E-state index in [1.807, 2.05) is 61.5 Å². The maximum Gasteiger partial charge on any atom is 0.230 e. The molecule has 0 N–H and O–H groups in total. The van der Waals surface area contributed by atoms with E-state index >= 15 is 0 Å². The minimum atomic E-state index is -0.198. The molecule has 7 rings (SSSR count). The van der Waals surface area contributed by atoms with Crippen LogP contribution in [-0.2, 0) is 0 Å². The molecule has 2 aromatic carbocycles. The van der Waals surface area contributed by atoms with Gasteiger partial charge in [-0.25, -0.2) is 19.2 Å². The molecule has 0 amide bonds. The highest BCUT2D eigenvalue weighted by Gasteiger charge is 2.38. The SMILES string of the molecule is Cc1nn(-c2ccc(Cl)cc2)c2c1C(c1ccccc1)c1c(ncn3nc(-c4ccncc4)nc13)O2. The number of nitrogens with zero attached hydrogens (tertiary/aromatic N) is 7. The summed E-state index contributed by atoms with van der Waals surface area (Å²) in [6.07, 6.45) is 5.09. The third-order valence-electron chi connectivity index (χ3n) is 6.36. The topological polar surface area (TPSA) is 83.0 Å². The second-order valence-electron chi connectivity index (χ2n) is 8.54. The molecule has 0 saturated carbocycles. The molecule has 0 saturated heterocycles. The van der Waals surface area contributed by atoms with Crippen LogP contribution >= 0.6 is 11.6 Å². The maximum absolute atomic E-state index is 6.45. The predicted octanol–water partition coefficient (Wildman–Crippen LogP) is 5.62. The minimum Gasteiger partial charge on any atom is -0.420 e. The summed E-state index contributed by atoms with van der Waals surface area (Å²) in [6, 6.07) is 21.6. The van der Waals surface area contributed by atoms with Crippen molar-refractivity contribution in [2.24, 2.45) is 0 Å². The number of benzene rings is 2. The van der Waals surface area contributed by atoms with Crippen LogP contribution in [0.1, 0.15) is 28.3 Å². The van der Waals surface area contributed by atoms with E-state index in [9.17, 15) is 0 Å². The van der Waals surface area contributed by atoms with Gasteiger partial charge in [0.15, 0.2) is 11.5 Å². The lowest BCUT2D eigenvalue weighted by atomic mass is 9.84. The molecule has 0 bridgehead atoms. The standard InChI is InChI=1S/C27H18ClN7O/c1-16-21-22(17-5-3-2-4-6-17)23-25-31-24(18-11-13-29-14-12-18)33-34(25)15-30-26(23)36-27(21)35(32-16)20-9-7-19(28)8-10-20/h2-15,22H,1H3. The Hall–Kier alpha value is -4.56. The Morgan fingerprint density at radius 1 is 0.889 bits per heavy atom. The quantitative estimate of drug-likeness (QED) is 0.319. The van der Waals surface area contributed by atoms with E-state index in [4.69, 9.17) is 26.4 Å². The van der Waals surface area contributed by atoms with E-state index < -0.39 is 0 Å². The van der Waals surface area contributed by atoms with Crippen LogP contribution in [-0.4, -0.2) is 34.3 Å². The fourth-order valence-corrected chi connectivity index (χ4v) is 4.86. The molecule has 6 aromatic rings. The largest absolute Gasteiger partial charge is 0.420 e. The number of fused-ring (bicyclic) bond motifs is 4. The lowest BCUT2D eigenvalue weighted by Gasteiger charge is -2.26. The molecule has 0 spiro atoms. The zero-order chi connectivity index (χ0) is 24.2. The lowest BCUT2D eigenvalue weighted by Crippen LogP contribution is -2.16.